The second-order valence-corrected chi connectivity index (χ2v) is 6.65. The summed E-state index contributed by atoms with van der Waals surface area (Å²) in [5.74, 6) is -0.489. The van der Waals surface area contributed by atoms with Gasteiger partial charge in [-0.05, 0) is 36.6 Å². The number of ketones is 3. The number of fused-ring (bicyclic) bond motifs is 1. The third kappa shape index (κ3) is 2.00. The predicted octanol–water partition coefficient (Wildman–Crippen LogP) is 4.00. The van der Waals surface area contributed by atoms with Gasteiger partial charge < -0.3 is 0 Å². The maximum atomic E-state index is 12.6. The molecule has 0 N–H and O–H groups in total. The summed E-state index contributed by atoms with van der Waals surface area (Å²) in [6.45, 7) is 0. The molecule has 1 atom stereocenters. The van der Waals surface area contributed by atoms with Gasteiger partial charge in [-0.1, -0.05) is 35.9 Å². The Morgan fingerprint density at radius 2 is 1.57 bits per heavy atom. The van der Waals surface area contributed by atoms with Gasteiger partial charge in [0.15, 0.2) is 17.3 Å². The lowest BCUT2D eigenvalue weighted by Crippen LogP contribution is -2.20. The largest absolute Gasteiger partial charge is 0.294 e. The van der Waals surface area contributed by atoms with Crippen LogP contribution in [0.2, 0.25) is 5.02 Å². The molecule has 4 rings (SSSR count). The Morgan fingerprint density at radius 3 is 2.13 bits per heavy atom. The van der Waals surface area contributed by atoms with Crippen molar-refractivity contribution in [1.82, 2.24) is 0 Å². The summed E-state index contributed by atoms with van der Waals surface area (Å²) in [6.07, 6.45) is 0.686. The summed E-state index contributed by atoms with van der Waals surface area (Å²) >= 11 is 5.82. The molecule has 3 nitrogen and oxygen atoms in total. The number of carbonyl (C=O) groups excluding carboxylic acids is 3. The molecule has 23 heavy (non-hydrogen) atoms. The summed E-state index contributed by atoms with van der Waals surface area (Å²) in [6, 6.07) is 13.6. The molecule has 2 aromatic rings. The van der Waals surface area contributed by atoms with Crippen LogP contribution in [0.1, 0.15) is 43.9 Å². The van der Waals surface area contributed by atoms with Crippen LogP contribution in [0.3, 0.4) is 0 Å². The zero-order valence-electron chi connectivity index (χ0n) is 12.2. The summed E-state index contributed by atoms with van der Waals surface area (Å²) < 4.78 is 0. The molecule has 0 bridgehead atoms. The first kappa shape index (κ1) is 14.3. The zero-order chi connectivity index (χ0) is 16.2. The molecule has 0 radical (unpaired) electrons. The van der Waals surface area contributed by atoms with Gasteiger partial charge in [0.1, 0.15) is 5.41 Å². The van der Waals surface area contributed by atoms with Gasteiger partial charge in [-0.2, -0.15) is 0 Å². The van der Waals surface area contributed by atoms with Crippen LogP contribution in [0.25, 0.3) is 0 Å². The Kier molecular flexibility index (Phi) is 3.03. The molecule has 0 heterocycles. The van der Waals surface area contributed by atoms with Crippen molar-refractivity contribution in [1.29, 1.82) is 0 Å². The number of Topliss-reactive ketones (excluding diaryl/α,β-unsaturated/α-hetero) is 3. The highest BCUT2D eigenvalue weighted by atomic mass is 35.5. The Labute approximate surface area is 138 Å². The van der Waals surface area contributed by atoms with Crippen molar-refractivity contribution >= 4 is 29.0 Å². The predicted molar refractivity (Wildman–Crippen MR) is 86.0 cm³/mol. The normalized spacial score (nSPS) is 20.7. The fourth-order valence-corrected chi connectivity index (χ4v) is 3.70. The van der Waals surface area contributed by atoms with Crippen LogP contribution in [-0.2, 0) is 0 Å². The molecule has 1 unspecified atom stereocenters. The molecule has 2 aromatic carbocycles. The molecule has 2 aliphatic carbocycles. The van der Waals surface area contributed by atoms with Gasteiger partial charge in [-0.25, -0.2) is 0 Å². The van der Waals surface area contributed by atoms with E-state index in [2.05, 4.69) is 0 Å². The Morgan fingerprint density at radius 1 is 1.00 bits per heavy atom. The smallest absolute Gasteiger partial charge is 0.177 e. The minimum Gasteiger partial charge on any atom is -0.294 e. The molecule has 4 heteroatoms. The SMILES string of the molecule is O=C(CC1CC12C(=O)c1ccccc1C2=O)c1ccc(Cl)cc1. The van der Waals surface area contributed by atoms with E-state index in [-0.39, 0.29) is 29.7 Å². The maximum absolute atomic E-state index is 12.6. The van der Waals surface area contributed by atoms with Crippen LogP contribution < -0.4 is 0 Å². The molecule has 0 amide bonds. The monoisotopic (exact) mass is 324 g/mol. The van der Waals surface area contributed by atoms with Gasteiger partial charge in [-0.3, -0.25) is 14.4 Å². The van der Waals surface area contributed by atoms with Crippen molar-refractivity contribution in [3.63, 3.8) is 0 Å². The van der Waals surface area contributed by atoms with E-state index in [1.807, 2.05) is 0 Å². The van der Waals surface area contributed by atoms with Crippen LogP contribution >= 0.6 is 11.6 Å². The van der Waals surface area contributed by atoms with E-state index in [1.165, 1.54) is 0 Å². The lowest BCUT2D eigenvalue weighted by atomic mass is 9.94. The molecule has 0 saturated heterocycles. The second-order valence-electron chi connectivity index (χ2n) is 6.21. The first-order valence-corrected chi connectivity index (χ1v) is 7.89. The van der Waals surface area contributed by atoms with Crippen molar-refractivity contribution in [2.24, 2.45) is 11.3 Å². The lowest BCUT2D eigenvalue weighted by molar-refractivity contribution is 0.0795. The van der Waals surface area contributed by atoms with E-state index in [0.717, 1.165) is 0 Å². The third-order valence-corrected chi connectivity index (χ3v) is 5.18. The average molecular weight is 325 g/mol. The van der Waals surface area contributed by atoms with Crippen molar-refractivity contribution in [3.05, 3.63) is 70.2 Å². The first-order chi connectivity index (χ1) is 11.0. The highest BCUT2D eigenvalue weighted by Gasteiger charge is 2.68. The first-order valence-electron chi connectivity index (χ1n) is 7.51. The Balaban J connectivity index is 1.56. The zero-order valence-corrected chi connectivity index (χ0v) is 13.0. The van der Waals surface area contributed by atoms with Gasteiger partial charge in [0, 0.05) is 28.1 Å². The van der Waals surface area contributed by atoms with E-state index < -0.39 is 5.41 Å². The number of rotatable bonds is 3. The fourth-order valence-electron chi connectivity index (χ4n) is 3.57. The molecule has 1 fully saturated rings. The maximum Gasteiger partial charge on any atom is 0.177 e. The quantitative estimate of drug-likeness (QED) is 0.633. The summed E-state index contributed by atoms with van der Waals surface area (Å²) in [5.41, 5.74) is 0.580. The number of halogens is 1. The lowest BCUT2D eigenvalue weighted by Gasteiger charge is -2.06. The van der Waals surface area contributed by atoms with Crippen LogP contribution in [0.5, 0.6) is 0 Å². The summed E-state index contributed by atoms with van der Waals surface area (Å²) in [4.78, 5) is 37.6. The molecule has 0 aromatic heterocycles. The average Bonchev–Trinajstić information content (AvgIpc) is 3.24. The standard InChI is InChI=1S/C19H13ClO3/c20-13-7-5-11(6-8-13)16(21)9-12-10-19(12)17(22)14-3-1-2-4-15(14)18(19)23/h1-8,12H,9-10H2. The number of hydrogen-bond acceptors (Lipinski definition) is 3. The van der Waals surface area contributed by atoms with Gasteiger partial charge in [0.2, 0.25) is 0 Å². The van der Waals surface area contributed by atoms with Crippen molar-refractivity contribution < 1.29 is 14.4 Å². The highest BCUT2D eigenvalue weighted by Crippen LogP contribution is 2.61. The van der Waals surface area contributed by atoms with Crippen LogP contribution in [-0.4, -0.2) is 17.3 Å². The van der Waals surface area contributed by atoms with Crippen molar-refractivity contribution in [2.45, 2.75) is 12.8 Å². The molecular formula is C19H13ClO3. The molecule has 114 valence electrons. The molecule has 1 spiro atoms. The van der Waals surface area contributed by atoms with E-state index in [1.54, 1.807) is 48.5 Å². The van der Waals surface area contributed by atoms with E-state index in [9.17, 15) is 14.4 Å². The molecule has 1 saturated carbocycles. The van der Waals surface area contributed by atoms with Crippen LogP contribution in [0.15, 0.2) is 48.5 Å². The molecule has 2 aliphatic rings. The van der Waals surface area contributed by atoms with Crippen LogP contribution in [0, 0.1) is 11.3 Å². The van der Waals surface area contributed by atoms with Gasteiger partial charge >= 0.3 is 0 Å². The fraction of sp³-hybridized carbons (Fsp3) is 0.211. The number of carbonyl (C=O) groups is 3. The minimum absolute atomic E-state index is 0.0555. The third-order valence-electron chi connectivity index (χ3n) is 4.93. The van der Waals surface area contributed by atoms with Gasteiger partial charge in [-0.15, -0.1) is 0 Å². The van der Waals surface area contributed by atoms with Crippen LogP contribution in [0.4, 0.5) is 0 Å². The number of benzene rings is 2. The summed E-state index contributed by atoms with van der Waals surface area (Å²) in [7, 11) is 0. The van der Waals surface area contributed by atoms with E-state index in [0.29, 0.717) is 28.1 Å². The topological polar surface area (TPSA) is 51.2 Å². The Bertz CT molecular complexity index is 816. The highest BCUT2D eigenvalue weighted by molar-refractivity contribution is 6.32. The van der Waals surface area contributed by atoms with Gasteiger partial charge in [0.05, 0.1) is 0 Å². The van der Waals surface area contributed by atoms with Crippen molar-refractivity contribution in [3.8, 4) is 0 Å². The van der Waals surface area contributed by atoms with E-state index in [4.69, 9.17) is 11.6 Å². The minimum atomic E-state index is -0.980. The Hall–Kier alpha value is -2.26. The molecular weight excluding hydrogens is 312 g/mol. The summed E-state index contributed by atoms with van der Waals surface area (Å²) in [5, 5.41) is 0.570. The van der Waals surface area contributed by atoms with Crippen molar-refractivity contribution in [2.75, 3.05) is 0 Å². The molecule has 0 aliphatic heterocycles. The van der Waals surface area contributed by atoms with E-state index >= 15 is 0 Å². The van der Waals surface area contributed by atoms with Gasteiger partial charge in [0.25, 0.3) is 0 Å². The number of hydrogen-bond donors (Lipinski definition) is 0. The second kappa shape index (κ2) is 4.87.